The van der Waals surface area contributed by atoms with Crippen molar-refractivity contribution in [2.24, 2.45) is 11.3 Å². The third kappa shape index (κ3) is 9.22. The van der Waals surface area contributed by atoms with Gasteiger partial charge in [0.1, 0.15) is 11.2 Å². The minimum atomic E-state index is -0.586. The van der Waals surface area contributed by atoms with E-state index in [0.29, 0.717) is 11.4 Å². The molecule has 5 nitrogen and oxygen atoms in total. The number of rotatable bonds is 13. The summed E-state index contributed by atoms with van der Waals surface area (Å²) in [6, 6.07) is 27.0. The predicted octanol–water partition coefficient (Wildman–Crippen LogP) is 10.1. The highest BCUT2D eigenvalue weighted by atomic mass is 35.5. The maximum absolute atomic E-state index is 12.7. The Kier molecular flexibility index (Phi) is 10.6. The van der Waals surface area contributed by atoms with E-state index in [1.165, 1.54) is 11.1 Å². The molecule has 46 heavy (non-hydrogen) atoms. The Morgan fingerprint density at radius 1 is 1.00 bits per heavy atom. The van der Waals surface area contributed by atoms with Crippen LogP contribution in [0.4, 0.5) is 0 Å². The number of nitrogens with zero attached hydrogens (tertiary/aromatic N) is 1. The number of esters is 1. The smallest absolute Gasteiger partial charge is 0.306 e. The molecule has 1 aliphatic rings. The second-order valence-electron chi connectivity index (χ2n) is 14.0. The van der Waals surface area contributed by atoms with E-state index in [1.807, 2.05) is 82.8 Å². The number of fused-ring (bicyclic) bond motifs is 1. The minimum absolute atomic E-state index is 0.0146. The number of benzene rings is 3. The molecule has 0 aliphatic heterocycles. The minimum Gasteiger partial charge on any atom is -0.460 e. The first-order valence-electron chi connectivity index (χ1n) is 16.0. The van der Waals surface area contributed by atoms with E-state index < -0.39 is 11.2 Å². The van der Waals surface area contributed by atoms with Gasteiger partial charge in [0.25, 0.3) is 0 Å². The van der Waals surface area contributed by atoms with Crippen molar-refractivity contribution >= 4 is 52.4 Å². The van der Waals surface area contributed by atoms with Crippen LogP contribution in [-0.2, 0) is 26.4 Å². The fraction of sp³-hybridized carbons (Fsp3) is 0.385. The van der Waals surface area contributed by atoms with Gasteiger partial charge < -0.3 is 4.74 Å². The number of ether oxygens (including phenoxy) is 1. The van der Waals surface area contributed by atoms with Gasteiger partial charge in [-0.3, -0.25) is 9.63 Å². The van der Waals surface area contributed by atoms with Gasteiger partial charge in [-0.25, -0.2) is 10.9 Å². The van der Waals surface area contributed by atoms with Crippen molar-refractivity contribution in [2.45, 2.75) is 83.2 Å². The summed E-state index contributed by atoms with van der Waals surface area (Å²) in [6.45, 7) is 9.78. The molecule has 1 atom stereocenters. The Bertz CT molecular complexity index is 1710. The van der Waals surface area contributed by atoms with Crippen molar-refractivity contribution in [2.75, 3.05) is 5.75 Å². The number of carbonyl (C=O) groups excluding carboxylic acids is 1. The average molecular weight is 657 g/mol. The van der Waals surface area contributed by atoms with Gasteiger partial charge in [0, 0.05) is 21.4 Å². The Morgan fingerprint density at radius 3 is 2.50 bits per heavy atom. The third-order valence-electron chi connectivity index (χ3n) is 8.53. The number of pyridine rings is 1. The van der Waals surface area contributed by atoms with E-state index in [2.05, 4.69) is 54.6 Å². The molecule has 0 saturated heterocycles. The molecule has 0 bridgehead atoms. The van der Waals surface area contributed by atoms with Crippen molar-refractivity contribution in [3.8, 4) is 0 Å². The number of carbonyl (C=O) groups is 1. The van der Waals surface area contributed by atoms with E-state index in [9.17, 15) is 4.79 Å². The molecular formula is C39H45ClN2O3S. The lowest BCUT2D eigenvalue weighted by molar-refractivity contribution is -0.156. The molecule has 0 radical (unpaired) electrons. The van der Waals surface area contributed by atoms with Gasteiger partial charge in [-0.15, -0.1) is 0 Å². The van der Waals surface area contributed by atoms with Crippen LogP contribution < -0.4 is 5.90 Å². The molecule has 1 unspecified atom stereocenters. The quantitative estimate of drug-likeness (QED) is 0.114. The molecule has 4 aromatic rings. The zero-order chi connectivity index (χ0) is 33.0. The maximum atomic E-state index is 12.7. The summed E-state index contributed by atoms with van der Waals surface area (Å²) in [6.07, 6.45) is 8.57. The van der Waals surface area contributed by atoms with Crippen LogP contribution in [0, 0.1) is 5.41 Å². The lowest BCUT2D eigenvalue weighted by Gasteiger charge is -2.27. The van der Waals surface area contributed by atoms with Crippen LogP contribution in [0.5, 0.6) is 0 Å². The molecule has 5 rings (SSSR count). The van der Waals surface area contributed by atoms with Gasteiger partial charge in [0.05, 0.1) is 17.6 Å². The first-order chi connectivity index (χ1) is 21.8. The predicted molar refractivity (Wildman–Crippen MR) is 193 cm³/mol. The molecule has 1 heterocycles. The molecule has 7 heteroatoms. The maximum Gasteiger partial charge on any atom is 0.306 e. The highest BCUT2D eigenvalue weighted by Gasteiger charge is 2.45. The van der Waals surface area contributed by atoms with Crippen molar-refractivity contribution in [3.63, 3.8) is 0 Å². The molecule has 2 N–H and O–H groups in total. The summed E-state index contributed by atoms with van der Waals surface area (Å²) < 4.78 is 5.69. The molecule has 1 aliphatic carbocycles. The Balaban J connectivity index is 1.36. The molecule has 1 saturated carbocycles. The molecule has 242 valence electrons. The fourth-order valence-corrected chi connectivity index (χ4v) is 7.51. The monoisotopic (exact) mass is 656 g/mol. The average Bonchev–Trinajstić information content (AvgIpc) is 3.78. The first-order valence-corrected chi connectivity index (χ1v) is 17.4. The van der Waals surface area contributed by atoms with Crippen molar-refractivity contribution < 1.29 is 14.4 Å². The topological polar surface area (TPSA) is 74.4 Å². The zero-order valence-corrected chi connectivity index (χ0v) is 29.1. The van der Waals surface area contributed by atoms with Crippen LogP contribution in [0.15, 0.2) is 78.9 Å². The lowest BCUT2D eigenvalue weighted by Crippen LogP contribution is -2.26. The van der Waals surface area contributed by atoms with Gasteiger partial charge in [0.15, 0.2) is 0 Å². The third-order valence-corrected chi connectivity index (χ3v) is 10.5. The van der Waals surface area contributed by atoms with Crippen molar-refractivity contribution in [1.29, 1.82) is 0 Å². The highest BCUT2D eigenvalue weighted by Crippen LogP contribution is 2.53. The van der Waals surface area contributed by atoms with E-state index in [1.54, 1.807) is 0 Å². The van der Waals surface area contributed by atoms with Crippen LogP contribution in [0.25, 0.3) is 23.1 Å². The van der Waals surface area contributed by atoms with Gasteiger partial charge in [-0.05, 0) is 112 Å². The number of hydrogen-bond acceptors (Lipinski definition) is 6. The molecule has 1 aromatic heterocycles. The summed E-state index contributed by atoms with van der Waals surface area (Å²) in [7, 11) is 0. The number of aryl methyl sites for hydroxylation is 1. The summed E-state index contributed by atoms with van der Waals surface area (Å²) >= 11 is 8.16. The Labute approximate surface area is 282 Å². The molecule has 1 fully saturated rings. The normalized spacial score (nSPS) is 15.3. The molecule has 0 amide bonds. The van der Waals surface area contributed by atoms with E-state index in [-0.39, 0.29) is 16.6 Å². The second kappa shape index (κ2) is 14.3. The Morgan fingerprint density at radius 2 is 1.76 bits per heavy atom. The standard InChI is InChI=1S/C39H45ClN2O3S/c1-37(2,3)44-36(43)25-39(21-22-39)26-46-35(20-16-28-10-6-7-12-33(28)38(4,5)45-41)30-11-8-9-27(23-30)13-18-32-19-15-29-14-17-31(40)24-34(29)42-32/h6-15,17-19,23-24,35H,16,20-22,25-26,41H2,1-5H3/b18-13+. The van der Waals surface area contributed by atoms with Crippen LogP contribution in [0.1, 0.15) is 93.5 Å². The number of halogens is 1. The first kappa shape index (κ1) is 34.2. The summed E-state index contributed by atoms with van der Waals surface area (Å²) in [5, 5.41) is 1.98. The zero-order valence-electron chi connectivity index (χ0n) is 27.5. The number of hydrogen-bond donors (Lipinski definition) is 1. The van der Waals surface area contributed by atoms with Gasteiger partial charge in [0.2, 0.25) is 0 Å². The molecular weight excluding hydrogens is 612 g/mol. The highest BCUT2D eigenvalue weighted by molar-refractivity contribution is 7.99. The molecule has 3 aromatic carbocycles. The lowest BCUT2D eigenvalue weighted by atomic mass is 9.90. The van der Waals surface area contributed by atoms with Crippen LogP contribution >= 0.6 is 23.4 Å². The fourth-order valence-electron chi connectivity index (χ4n) is 5.78. The largest absolute Gasteiger partial charge is 0.460 e. The Hall–Kier alpha value is -3.16. The second-order valence-corrected chi connectivity index (χ2v) is 15.6. The van der Waals surface area contributed by atoms with Crippen molar-refractivity contribution in [1.82, 2.24) is 4.98 Å². The molecule has 0 spiro atoms. The van der Waals surface area contributed by atoms with Crippen LogP contribution in [0.2, 0.25) is 5.02 Å². The number of aromatic nitrogens is 1. The van der Waals surface area contributed by atoms with Crippen LogP contribution in [0.3, 0.4) is 0 Å². The summed E-state index contributed by atoms with van der Waals surface area (Å²) in [5.41, 5.74) is 5.44. The number of nitrogens with two attached hydrogens (primary N) is 1. The summed E-state index contributed by atoms with van der Waals surface area (Å²) in [4.78, 5) is 22.9. The van der Waals surface area contributed by atoms with Crippen LogP contribution in [-0.4, -0.2) is 22.3 Å². The SMILES string of the molecule is CC(C)(C)OC(=O)CC1(CSC(CCc2ccccc2C(C)(C)ON)c2cccc(/C=C/c3ccc4ccc(Cl)cc4n3)c2)CC1. The van der Waals surface area contributed by atoms with Gasteiger partial charge in [-0.2, -0.15) is 11.8 Å². The van der Waals surface area contributed by atoms with E-state index in [0.717, 1.165) is 59.2 Å². The van der Waals surface area contributed by atoms with Crippen molar-refractivity contribution in [3.05, 3.63) is 112 Å². The number of thioether (sulfide) groups is 1. The van der Waals surface area contributed by atoms with E-state index in [4.69, 9.17) is 32.1 Å². The summed E-state index contributed by atoms with van der Waals surface area (Å²) in [5.74, 6) is 6.51. The van der Waals surface area contributed by atoms with E-state index >= 15 is 0 Å². The van der Waals surface area contributed by atoms with Gasteiger partial charge >= 0.3 is 5.97 Å². The van der Waals surface area contributed by atoms with Gasteiger partial charge in [-0.1, -0.05) is 78.3 Å².